The summed E-state index contributed by atoms with van der Waals surface area (Å²) in [5.74, 6) is -1.50. The summed E-state index contributed by atoms with van der Waals surface area (Å²) in [6.07, 6.45) is 0.148. The molecule has 1 rings (SSSR count). The van der Waals surface area contributed by atoms with E-state index in [-0.39, 0.29) is 18.0 Å². The van der Waals surface area contributed by atoms with Crippen LogP contribution in [0.25, 0.3) is 0 Å². The molecule has 0 aliphatic heterocycles. The standard InChI is InChI=1S/C14H19FN2O3S/c1-14(2,12(16)13(19)20)21-8-7-11(18)17-10-6-4-3-5-9(10)15/h3-6,12H,7-8,16H2,1-2H3,(H,17,18)(H,19,20)/t12-/m0/s1. The normalized spacial score (nSPS) is 12.8. The zero-order valence-electron chi connectivity index (χ0n) is 11.9. The molecule has 21 heavy (non-hydrogen) atoms. The van der Waals surface area contributed by atoms with E-state index in [0.29, 0.717) is 5.75 Å². The minimum absolute atomic E-state index is 0.133. The summed E-state index contributed by atoms with van der Waals surface area (Å²) in [5, 5.41) is 11.4. The van der Waals surface area contributed by atoms with E-state index in [1.807, 2.05) is 0 Å². The number of carbonyl (C=O) groups excluding carboxylic acids is 1. The van der Waals surface area contributed by atoms with Gasteiger partial charge < -0.3 is 16.2 Å². The molecule has 116 valence electrons. The van der Waals surface area contributed by atoms with Crippen LogP contribution >= 0.6 is 11.8 Å². The Balaban J connectivity index is 2.44. The van der Waals surface area contributed by atoms with Crippen molar-refractivity contribution in [1.29, 1.82) is 0 Å². The number of carboxylic acids is 1. The van der Waals surface area contributed by atoms with E-state index < -0.39 is 22.6 Å². The van der Waals surface area contributed by atoms with Crippen LogP contribution in [0.3, 0.4) is 0 Å². The molecule has 0 aliphatic carbocycles. The number of nitrogens with one attached hydrogen (secondary N) is 1. The maximum Gasteiger partial charge on any atom is 0.321 e. The maximum absolute atomic E-state index is 13.4. The van der Waals surface area contributed by atoms with Crippen molar-refractivity contribution in [2.75, 3.05) is 11.1 Å². The predicted molar refractivity (Wildman–Crippen MR) is 81.8 cm³/mol. The molecule has 0 aliphatic rings. The summed E-state index contributed by atoms with van der Waals surface area (Å²) in [5.41, 5.74) is 5.72. The zero-order valence-corrected chi connectivity index (χ0v) is 12.7. The van der Waals surface area contributed by atoms with Crippen LogP contribution in [0.5, 0.6) is 0 Å². The van der Waals surface area contributed by atoms with Gasteiger partial charge in [-0.05, 0) is 26.0 Å². The highest BCUT2D eigenvalue weighted by atomic mass is 32.2. The number of hydrogen-bond acceptors (Lipinski definition) is 4. The minimum Gasteiger partial charge on any atom is -0.480 e. The Hall–Kier alpha value is -1.60. The van der Waals surface area contributed by atoms with E-state index in [1.165, 1.54) is 30.0 Å². The number of halogens is 1. The molecule has 0 saturated heterocycles. The molecular formula is C14H19FN2O3S. The van der Waals surface area contributed by atoms with Gasteiger partial charge in [-0.1, -0.05) is 12.1 Å². The number of amides is 1. The Bertz CT molecular complexity index is 523. The third kappa shape index (κ3) is 5.35. The minimum atomic E-state index is -1.08. The lowest BCUT2D eigenvalue weighted by molar-refractivity contribution is -0.139. The first kappa shape index (κ1) is 17.5. The Labute approximate surface area is 127 Å². The lowest BCUT2D eigenvalue weighted by atomic mass is 10.1. The second-order valence-electron chi connectivity index (χ2n) is 5.05. The lowest BCUT2D eigenvalue weighted by Crippen LogP contribution is -2.46. The van der Waals surface area contributed by atoms with Crippen molar-refractivity contribution < 1.29 is 19.1 Å². The molecule has 1 aromatic carbocycles. The Morgan fingerprint density at radius 2 is 2.05 bits per heavy atom. The van der Waals surface area contributed by atoms with Gasteiger partial charge in [-0.25, -0.2) is 4.39 Å². The third-order valence-electron chi connectivity index (χ3n) is 2.97. The fourth-order valence-corrected chi connectivity index (χ4v) is 2.66. The fraction of sp³-hybridized carbons (Fsp3) is 0.429. The highest BCUT2D eigenvalue weighted by molar-refractivity contribution is 8.00. The van der Waals surface area contributed by atoms with Gasteiger partial charge in [0.2, 0.25) is 5.91 Å². The van der Waals surface area contributed by atoms with E-state index in [0.717, 1.165) is 0 Å². The zero-order chi connectivity index (χ0) is 16.0. The molecule has 4 N–H and O–H groups in total. The molecule has 0 unspecified atom stereocenters. The predicted octanol–water partition coefficient (Wildman–Crippen LogP) is 2.08. The molecule has 0 saturated carbocycles. The average Bonchev–Trinajstić information content (AvgIpc) is 2.40. The number of hydrogen-bond donors (Lipinski definition) is 3. The van der Waals surface area contributed by atoms with Crippen LogP contribution in [0.4, 0.5) is 10.1 Å². The number of nitrogens with two attached hydrogens (primary N) is 1. The highest BCUT2D eigenvalue weighted by Crippen LogP contribution is 2.28. The molecular weight excluding hydrogens is 295 g/mol. The molecule has 1 amide bonds. The van der Waals surface area contributed by atoms with Gasteiger partial charge in [0.15, 0.2) is 0 Å². The summed E-state index contributed by atoms with van der Waals surface area (Å²) in [7, 11) is 0. The van der Waals surface area contributed by atoms with E-state index in [4.69, 9.17) is 10.8 Å². The Morgan fingerprint density at radius 3 is 2.62 bits per heavy atom. The van der Waals surface area contributed by atoms with Crippen molar-refractivity contribution in [2.45, 2.75) is 31.1 Å². The average molecular weight is 314 g/mol. The number of carboxylic acid groups (broad SMARTS) is 1. The van der Waals surface area contributed by atoms with Crippen LogP contribution in [-0.2, 0) is 9.59 Å². The van der Waals surface area contributed by atoms with Gasteiger partial charge in [0.25, 0.3) is 0 Å². The first-order chi connectivity index (χ1) is 9.74. The number of benzene rings is 1. The molecule has 0 radical (unpaired) electrons. The van der Waals surface area contributed by atoms with Crippen molar-refractivity contribution in [3.05, 3.63) is 30.1 Å². The number of carbonyl (C=O) groups is 2. The van der Waals surface area contributed by atoms with Gasteiger partial charge in [0.05, 0.1) is 5.69 Å². The van der Waals surface area contributed by atoms with Crippen LogP contribution in [0.1, 0.15) is 20.3 Å². The monoisotopic (exact) mass is 314 g/mol. The summed E-state index contributed by atoms with van der Waals surface area (Å²) >= 11 is 1.30. The van der Waals surface area contributed by atoms with Gasteiger partial charge in [0, 0.05) is 16.9 Å². The van der Waals surface area contributed by atoms with Crippen molar-refractivity contribution in [3.63, 3.8) is 0 Å². The van der Waals surface area contributed by atoms with E-state index >= 15 is 0 Å². The largest absolute Gasteiger partial charge is 0.480 e. The number of para-hydroxylation sites is 1. The van der Waals surface area contributed by atoms with Crippen LogP contribution < -0.4 is 11.1 Å². The van der Waals surface area contributed by atoms with Crippen molar-refractivity contribution >= 4 is 29.3 Å². The molecule has 0 fully saturated rings. The van der Waals surface area contributed by atoms with Crippen LogP contribution in [0.15, 0.2) is 24.3 Å². The van der Waals surface area contributed by atoms with Crippen molar-refractivity contribution in [2.24, 2.45) is 5.73 Å². The highest BCUT2D eigenvalue weighted by Gasteiger charge is 2.32. The SMILES string of the molecule is CC(C)(SCCC(=O)Nc1ccccc1F)[C@@H](N)C(=O)O. The molecule has 0 bridgehead atoms. The van der Waals surface area contributed by atoms with Gasteiger partial charge in [-0.15, -0.1) is 0 Å². The molecule has 0 aromatic heterocycles. The number of aliphatic carboxylic acids is 1. The van der Waals surface area contributed by atoms with Crippen molar-refractivity contribution in [3.8, 4) is 0 Å². The topological polar surface area (TPSA) is 92.4 Å². The quantitative estimate of drug-likeness (QED) is 0.716. The number of thioether (sulfide) groups is 1. The van der Waals surface area contributed by atoms with Gasteiger partial charge in [0.1, 0.15) is 11.9 Å². The van der Waals surface area contributed by atoms with Crippen LogP contribution in [-0.4, -0.2) is 33.5 Å². The maximum atomic E-state index is 13.4. The number of rotatable bonds is 7. The van der Waals surface area contributed by atoms with E-state index in [2.05, 4.69) is 5.32 Å². The molecule has 0 heterocycles. The molecule has 7 heteroatoms. The molecule has 1 aromatic rings. The first-order valence-corrected chi connectivity index (χ1v) is 7.39. The second-order valence-corrected chi connectivity index (χ2v) is 6.79. The summed E-state index contributed by atoms with van der Waals surface area (Å²) in [6, 6.07) is 4.89. The molecule has 0 spiro atoms. The van der Waals surface area contributed by atoms with Crippen molar-refractivity contribution in [1.82, 2.24) is 0 Å². The second kappa shape index (κ2) is 7.42. The van der Waals surface area contributed by atoms with Gasteiger partial charge >= 0.3 is 5.97 Å². The van der Waals surface area contributed by atoms with Crippen LogP contribution in [0, 0.1) is 5.82 Å². The number of anilines is 1. The first-order valence-electron chi connectivity index (χ1n) is 6.41. The smallest absolute Gasteiger partial charge is 0.321 e. The van der Waals surface area contributed by atoms with Crippen LogP contribution in [0.2, 0.25) is 0 Å². The fourth-order valence-electron chi connectivity index (χ4n) is 1.57. The van der Waals surface area contributed by atoms with E-state index in [9.17, 15) is 14.0 Å². The Morgan fingerprint density at radius 1 is 1.43 bits per heavy atom. The Kier molecular flexibility index (Phi) is 6.17. The molecule has 5 nitrogen and oxygen atoms in total. The van der Waals surface area contributed by atoms with Gasteiger partial charge in [-0.3, -0.25) is 9.59 Å². The summed E-state index contributed by atoms with van der Waals surface area (Å²) in [4.78, 5) is 22.6. The summed E-state index contributed by atoms with van der Waals surface area (Å²) in [6.45, 7) is 3.43. The lowest BCUT2D eigenvalue weighted by Gasteiger charge is -2.27. The molecule has 1 atom stereocenters. The van der Waals surface area contributed by atoms with E-state index in [1.54, 1.807) is 19.9 Å². The summed E-state index contributed by atoms with van der Waals surface area (Å²) < 4.78 is 12.7. The van der Waals surface area contributed by atoms with Gasteiger partial charge in [-0.2, -0.15) is 11.8 Å². The third-order valence-corrected chi connectivity index (χ3v) is 4.37.